The SMILES string of the molecule is COc1c(C(O)OC)ccc(O)c1F. The van der Waals surface area contributed by atoms with Gasteiger partial charge < -0.3 is 19.7 Å². The van der Waals surface area contributed by atoms with Crippen LogP contribution in [0.15, 0.2) is 12.1 Å². The highest BCUT2D eigenvalue weighted by Crippen LogP contribution is 2.33. The van der Waals surface area contributed by atoms with E-state index in [9.17, 15) is 9.50 Å². The smallest absolute Gasteiger partial charge is 0.207 e. The molecule has 1 unspecified atom stereocenters. The van der Waals surface area contributed by atoms with Gasteiger partial charge in [-0.05, 0) is 12.1 Å². The second-order valence-corrected chi connectivity index (χ2v) is 2.61. The highest BCUT2D eigenvalue weighted by atomic mass is 19.1. The van der Waals surface area contributed by atoms with Gasteiger partial charge >= 0.3 is 0 Å². The third kappa shape index (κ3) is 1.78. The van der Waals surface area contributed by atoms with Gasteiger partial charge in [0.25, 0.3) is 0 Å². The average Bonchev–Trinajstić information content (AvgIpc) is 2.20. The van der Waals surface area contributed by atoms with Crippen LogP contribution in [0.4, 0.5) is 4.39 Å². The molecule has 14 heavy (non-hydrogen) atoms. The van der Waals surface area contributed by atoms with Crippen LogP contribution in [-0.2, 0) is 4.74 Å². The van der Waals surface area contributed by atoms with Crippen LogP contribution >= 0.6 is 0 Å². The predicted octanol–water partition coefficient (Wildman–Crippen LogP) is 1.18. The van der Waals surface area contributed by atoms with Crippen molar-refractivity contribution in [3.8, 4) is 11.5 Å². The molecule has 2 N–H and O–H groups in total. The van der Waals surface area contributed by atoms with Crippen molar-refractivity contribution < 1.29 is 24.1 Å². The van der Waals surface area contributed by atoms with Gasteiger partial charge in [0.15, 0.2) is 17.8 Å². The van der Waals surface area contributed by atoms with Crippen molar-refractivity contribution in [1.82, 2.24) is 0 Å². The molecule has 0 amide bonds. The Bertz CT molecular complexity index is 327. The van der Waals surface area contributed by atoms with E-state index in [2.05, 4.69) is 4.74 Å². The van der Waals surface area contributed by atoms with Gasteiger partial charge in [-0.1, -0.05) is 0 Å². The van der Waals surface area contributed by atoms with Crippen LogP contribution < -0.4 is 4.74 Å². The second-order valence-electron chi connectivity index (χ2n) is 2.61. The fourth-order valence-electron chi connectivity index (χ4n) is 1.09. The Hall–Kier alpha value is -1.33. The quantitative estimate of drug-likeness (QED) is 0.722. The minimum absolute atomic E-state index is 0.130. The molecule has 0 fully saturated rings. The Morgan fingerprint density at radius 3 is 2.50 bits per heavy atom. The first-order valence-electron chi connectivity index (χ1n) is 3.88. The Balaban J connectivity index is 3.23. The molecular formula is C9H11FO4. The van der Waals surface area contributed by atoms with E-state index in [1.165, 1.54) is 20.3 Å². The highest BCUT2D eigenvalue weighted by Gasteiger charge is 2.18. The molecule has 1 aromatic carbocycles. The van der Waals surface area contributed by atoms with E-state index >= 15 is 0 Å². The maximum atomic E-state index is 13.2. The zero-order valence-electron chi connectivity index (χ0n) is 7.82. The Kier molecular flexibility index (Phi) is 3.27. The van der Waals surface area contributed by atoms with Gasteiger partial charge in [-0.25, -0.2) is 0 Å². The number of ether oxygens (including phenoxy) is 2. The maximum Gasteiger partial charge on any atom is 0.207 e. The second kappa shape index (κ2) is 4.26. The summed E-state index contributed by atoms with van der Waals surface area (Å²) < 4.78 is 22.5. The molecule has 4 nitrogen and oxygen atoms in total. The fraction of sp³-hybridized carbons (Fsp3) is 0.333. The predicted molar refractivity (Wildman–Crippen MR) is 46.6 cm³/mol. The van der Waals surface area contributed by atoms with Crippen molar-refractivity contribution in [1.29, 1.82) is 0 Å². The number of benzene rings is 1. The van der Waals surface area contributed by atoms with Crippen molar-refractivity contribution in [2.45, 2.75) is 6.29 Å². The molecule has 0 bridgehead atoms. The van der Waals surface area contributed by atoms with Gasteiger partial charge in [-0.3, -0.25) is 0 Å². The lowest BCUT2D eigenvalue weighted by Gasteiger charge is -2.14. The summed E-state index contributed by atoms with van der Waals surface area (Å²) >= 11 is 0. The number of aliphatic hydroxyl groups excluding tert-OH is 1. The number of aliphatic hydroxyl groups is 1. The molecule has 0 saturated heterocycles. The first kappa shape index (κ1) is 10.7. The lowest BCUT2D eigenvalue weighted by atomic mass is 10.1. The molecule has 0 saturated carbocycles. The first-order chi connectivity index (χ1) is 6.61. The van der Waals surface area contributed by atoms with Crippen LogP contribution in [0, 0.1) is 5.82 Å². The van der Waals surface area contributed by atoms with Crippen LogP contribution in [0.2, 0.25) is 0 Å². The molecule has 0 aliphatic heterocycles. The summed E-state index contributed by atoms with van der Waals surface area (Å²) in [7, 11) is 2.51. The van der Waals surface area contributed by atoms with Crippen molar-refractivity contribution >= 4 is 0 Å². The third-order valence-electron chi connectivity index (χ3n) is 1.80. The van der Waals surface area contributed by atoms with E-state index in [1.54, 1.807) is 0 Å². The molecule has 0 aliphatic carbocycles. The molecule has 1 aromatic rings. The number of rotatable bonds is 3. The van der Waals surface area contributed by atoms with Gasteiger partial charge in [-0.15, -0.1) is 0 Å². The highest BCUT2D eigenvalue weighted by molar-refractivity contribution is 5.42. The number of phenolic OH excluding ortho intramolecular Hbond substituents is 1. The fourth-order valence-corrected chi connectivity index (χ4v) is 1.09. The van der Waals surface area contributed by atoms with Crippen LogP contribution in [0.5, 0.6) is 11.5 Å². The zero-order valence-corrected chi connectivity index (χ0v) is 7.82. The first-order valence-corrected chi connectivity index (χ1v) is 3.88. The summed E-state index contributed by atoms with van der Waals surface area (Å²) in [6.45, 7) is 0. The van der Waals surface area contributed by atoms with Gasteiger partial charge in [0, 0.05) is 7.11 Å². The van der Waals surface area contributed by atoms with Gasteiger partial charge in [-0.2, -0.15) is 4.39 Å². The summed E-state index contributed by atoms with van der Waals surface area (Å²) in [5, 5.41) is 18.3. The summed E-state index contributed by atoms with van der Waals surface area (Å²) in [6.07, 6.45) is -1.28. The van der Waals surface area contributed by atoms with Gasteiger partial charge in [0.2, 0.25) is 5.82 Å². The molecule has 5 heteroatoms. The van der Waals surface area contributed by atoms with E-state index in [0.717, 1.165) is 6.07 Å². The van der Waals surface area contributed by atoms with E-state index in [-0.39, 0.29) is 11.3 Å². The Morgan fingerprint density at radius 2 is 2.00 bits per heavy atom. The van der Waals surface area contributed by atoms with Crippen molar-refractivity contribution in [3.63, 3.8) is 0 Å². The molecule has 0 radical (unpaired) electrons. The molecule has 1 atom stereocenters. The third-order valence-corrected chi connectivity index (χ3v) is 1.80. The van der Waals surface area contributed by atoms with Crippen molar-refractivity contribution in [2.75, 3.05) is 14.2 Å². The minimum atomic E-state index is -1.28. The number of methoxy groups -OCH3 is 2. The summed E-state index contributed by atoms with van der Waals surface area (Å²) in [4.78, 5) is 0. The molecule has 0 aromatic heterocycles. The molecule has 0 aliphatic rings. The summed E-state index contributed by atoms with van der Waals surface area (Å²) in [5.74, 6) is -1.67. The minimum Gasteiger partial charge on any atom is -0.505 e. The molecule has 0 heterocycles. The molecule has 78 valence electrons. The van der Waals surface area contributed by atoms with Gasteiger partial charge in [0.1, 0.15) is 0 Å². The Morgan fingerprint density at radius 1 is 1.36 bits per heavy atom. The summed E-state index contributed by atoms with van der Waals surface area (Å²) in [6, 6.07) is 2.45. The van der Waals surface area contributed by atoms with Crippen LogP contribution in [-0.4, -0.2) is 24.4 Å². The molecule has 1 rings (SSSR count). The largest absolute Gasteiger partial charge is 0.505 e. The topological polar surface area (TPSA) is 58.9 Å². The van der Waals surface area contributed by atoms with E-state index in [0.29, 0.717) is 0 Å². The number of phenols is 1. The maximum absolute atomic E-state index is 13.2. The van der Waals surface area contributed by atoms with Crippen LogP contribution in [0.3, 0.4) is 0 Å². The van der Waals surface area contributed by atoms with E-state index in [1.807, 2.05) is 0 Å². The average molecular weight is 202 g/mol. The number of halogens is 1. The zero-order chi connectivity index (χ0) is 10.7. The standard InChI is InChI=1S/C9H11FO4/c1-13-8-5(9(12)14-2)3-4-6(11)7(8)10/h3-4,9,11-12H,1-2H3. The number of hydrogen-bond donors (Lipinski definition) is 2. The lowest BCUT2D eigenvalue weighted by molar-refractivity contribution is -0.0783. The number of aromatic hydroxyl groups is 1. The summed E-state index contributed by atoms with van der Waals surface area (Å²) in [5.41, 5.74) is 0.130. The van der Waals surface area contributed by atoms with Gasteiger partial charge in [0.05, 0.1) is 12.7 Å². The van der Waals surface area contributed by atoms with E-state index < -0.39 is 17.9 Å². The monoisotopic (exact) mass is 202 g/mol. The molecular weight excluding hydrogens is 191 g/mol. The van der Waals surface area contributed by atoms with Crippen molar-refractivity contribution in [3.05, 3.63) is 23.5 Å². The molecule has 0 spiro atoms. The van der Waals surface area contributed by atoms with Crippen LogP contribution in [0.1, 0.15) is 11.9 Å². The van der Waals surface area contributed by atoms with Crippen LogP contribution in [0.25, 0.3) is 0 Å². The normalized spacial score (nSPS) is 12.6. The number of hydrogen-bond acceptors (Lipinski definition) is 4. The Labute approximate surface area is 80.5 Å². The van der Waals surface area contributed by atoms with E-state index in [4.69, 9.17) is 9.84 Å². The van der Waals surface area contributed by atoms with Crippen molar-refractivity contribution in [2.24, 2.45) is 0 Å². The lowest BCUT2D eigenvalue weighted by Crippen LogP contribution is -2.04.